The summed E-state index contributed by atoms with van der Waals surface area (Å²) < 4.78 is 0. The lowest BCUT2D eigenvalue weighted by Crippen LogP contribution is -2.47. The highest BCUT2D eigenvalue weighted by atomic mass is 16.4. The number of nitrogens with zero attached hydrogens (tertiary/aromatic N) is 1. The van der Waals surface area contributed by atoms with E-state index in [1.807, 2.05) is 6.92 Å². The number of phenols is 1. The first-order chi connectivity index (χ1) is 9.43. The van der Waals surface area contributed by atoms with E-state index in [9.17, 15) is 14.7 Å². The molecule has 0 aliphatic rings. The Morgan fingerprint density at radius 1 is 1.30 bits per heavy atom. The van der Waals surface area contributed by atoms with Crippen LogP contribution >= 0.6 is 0 Å². The van der Waals surface area contributed by atoms with Crippen LogP contribution in [-0.2, 0) is 16.0 Å². The zero-order chi connectivity index (χ0) is 15.1. The maximum atomic E-state index is 12.1. The second-order valence-corrected chi connectivity index (χ2v) is 4.63. The van der Waals surface area contributed by atoms with Crippen LogP contribution in [0.25, 0.3) is 0 Å². The fraction of sp³-hybridized carbons (Fsp3) is 0.429. The normalized spacial score (nSPS) is 11.9. The van der Waals surface area contributed by atoms with Crippen LogP contribution in [0.4, 0.5) is 0 Å². The Balaban J connectivity index is 2.67. The molecule has 1 atom stereocenters. The Bertz CT molecular complexity index is 459. The predicted molar refractivity (Wildman–Crippen MR) is 74.3 cm³/mol. The van der Waals surface area contributed by atoms with E-state index in [-0.39, 0.29) is 18.2 Å². The third kappa shape index (κ3) is 4.89. The first kappa shape index (κ1) is 16.0. The molecule has 6 nitrogen and oxygen atoms in total. The quantitative estimate of drug-likeness (QED) is 0.678. The number of carboxylic acids is 1. The SMILES string of the molecule is CCCN(CC(=O)O)C(=O)C(N)Cc1ccc(O)cc1. The highest BCUT2D eigenvalue weighted by Gasteiger charge is 2.22. The molecule has 1 unspecified atom stereocenters. The molecule has 0 bridgehead atoms. The molecule has 1 aromatic rings. The van der Waals surface area contributed by atoms with Gasteiger partial charge in [-0.2, -0.15) is 0 Å². The van der Waals surface area contributed by atoms with E-state index >= 15 is 0 Å². The molecule has 0 fully saturated rings. The second kappa shape index (κ2) is 7.49. The molecule has 1 amide bonds. The summed E-state index contributed by atoms with van der Waals surface area (Å²) in [4.78, 5) is 24.1. The lowest BCUT2D eigenvalue weighted by molar-refractivity contribution is -0.145. The van der Waals surface area contributed by atoms with Crippen LogP contribution in [0, 0.1) is 0 Å². The Morgan fingerprint density at radius 3 is 2.40 bits per heavy atom. The molecule has 0 radical (unpaired) electrons. The molecule has 0 saturated heterocycles. The summed E-state index contributed by atoms with van der Waals surface area (Å²) in [5.41, 5.74) is 6.66. The smallest absolute Gasteiger partial charge is 0.323 e. The molecule has 0 saturated carbocycles. The zero-order valence-electron chi connectivity index (χ0n) is 11.5. The van der Waals surface area contributed by atoms with Gasteiger partial charge in [-0.25, -0.2) is 0 Å². The van der Waals surface area contributed by atoms with Gasteiger partial charge in [0.15, 0.2) is 0 Å². The van der Waals surface area contributed by atoms with Gasteiger partial charge in [0.05, 0.1) is 6.04 Å². The number of benzene rings is 1. The third-order valence-corrected chi connectivity index (χ3v) is 2.84. The minimum absolute atomic E-state index is 0.145. The standard InChI is InChI=1S/C14H20N2O4/c1-2-7-16(9-13(18)19)14(20)12(15)8-10-3-5-11(17)6-4-10/h3-6,12,17H,2,7-9,15H2,1H3,(H,18,19). The molecule has 1 rings (SSSR count). The van der Waals surface area contributed by atoms with Crippen molar-refractivity contribution in [3.63, 3.8) is 0 Å². The Kier molecular flexibility index (Phi) is 5.99. The third-order valence-electron chi connectivity index (χ3n) is 2.84. The van der Waals surface area contributed by atoms with E-state index in [0.29, 0.717) is 19.4 Å². The van der Waals surface area contributed by atoms with Gasteiger partial charge in [0, 0.05) is 6.54 Å². The molecule has 110 valence electrons. The molecule has 4 N–H and O–H groups in total. The van der Waals surface area contributed by atoms with Crippen molar-refractivity contribution in [1.82, 2.24) is 4.90 Å². The summed E-state index contributed by atoms with van der Waals surface area (Å²) in [5, 5.41) is 18.0. The number of carbonyl (C=O) groups is 2. The number of phenolic OH excluding ortho intramolecular Hbond substituents is 1. The molecule has 0 heterocycles. The molecular weight excluding hydrogens is 260 g/mol. The topological polar surface area (TPSA) is 104 Å². The Labute approximate surface area is 117 Å². The van der Waals surface area contributed by atoms with Gasteiger partial charge >= 0.3 is 5.97 Å². The van der Waals surface area contributed by atoms with Crippen LogP contribution in [0.5, 0.6) is 5.75 Å². The molecule has 0 aliphatic heterocycles. The van der Waals surface area contributed by atoms with Gasteiger partial charge in [-0.15, -0.1) is 0 Å². The van der Waals surface area contributed by atoms with E-state index in [1.54, 1.807) is 12.1 Å². The van der Waals surface area contributed by atoms with Gasteiger partial charge in [-0.05, 0) is 30.5 Å². The maximum absolute atomic E-state index is 12.1. The summed E-state index contributed by atoms with van der Waals surface area (Å²) in [6.45, 7) is 1.90. The lowest BCUT2D eigenvalue weighted by Gasteiger charge is -2.23. The summed E-state index contributed by atoms with van der Waals surface area (Å²) in [7, 11) is 0. The lowest BCUT2D eigenvalue weighted by atomic mass is 10.1. The van der Waals surface area contributed by atoms with Crippen LogP contribution in [0.15, 0.2) is 24.3 Å². The van der Waals surface area contributed by atoms with Crippen molar-refractivity contribution in [2.45, 2.75) is 25.8 Å². The van der Waals surface area contributed by atoms with Gasteiger partial charge in [0.2, 0.25) is 5.91 Å². The van der Waals surface area contributed by atoms with Crippen LogP contribution in [0.2, 0.25) is 0 Å². The molecule has 0 spiro atoms. The van der Waals surface area contributed by atoms with Crippen LogP contribution in [-0.4, -0.2) is 46.1 Å². The number of aromatic hydroxyl groups is 1. The van der Waals surface area contributed by atoms with E-state index in [4.69, 9.17) is 10.8 Å². The van der Waals surface area contributed by atoms with E-state index in [1.165, 1.54) is 17.0 Å². The molecule has 0 aromatic heterocycles. The zero-order valence-corrected chi connectivity index (χ0v) is 11.5. The average molecular weight is 280 g/mol. The van der Waals surface area contributed by atoms with Crippen molar-refractivity contribution in [3.05, 3.63) is 29.8 Å². The van der Waals surface area contributed by atoms with Crippen molar-refractivity contribution < 1.29 is 19.8 Å². The van der Waals surface area contributed by atoms with Gasteiger partial charge < -0.3 is 20.8 Å². The summed E-state index contributed by atoms with van der Waals surface area (Å²) >= 11 is 0. The number of hydrogen-bond donors (Lipinski definition) is 3. The predicted octanol–water partition coefficient (Wildman–Crippen LogP) is 0.585. The fourth-order valence-electron chi connectivity index (χ4n) is 1.91. The largest absolute Gasteiger partial charge is 0.508 e. The van der Waals surface area contributed by atoms with Gasteiger partial charge in [0.1, 0.15) is 12.3 Å². The van der Waals surface area contributed by atoms with E-state index in [2.05, 4.69) is 0 Å². The minimum atomic E-state index is -1.05. The van der Waals surface area contributed by atoms with Crippen LogP contribution in [0.1, 0.15) is 18.9 Å². The molecular formula is C14H20N2O4. The number of amides is 1. The van der Waals surface area contributed by atoms with Gasteiger partial charge in [0.25, 0.3) is 0 Å². The van der Waals surface area contributed by atoms with E-state index < -0.39 is 12.0 Å². The molecule has 1 aromatic carbocycles. The number of nitrogens with two attached hydrogens (primary N) is 1. The van der Waals surface area contributed by atoms with Crippen LogP contribution in [0.3, 0.4) is 0 Å². The van der Waals surface area contributed by atoms with Crippen LogP contribution < -0.4 is 5.73 Å². The molecule has 0 aliphatic carbocycles. The van der Waals surface area contributed by atoms with Crippen molar-refractivity contribution in [3.8, 4) is 5.75 Å². The monoisotopic (exact) mass is 280 g/mol. The first-order valence-electron chi connectivity index (χ1n) is 6.48. The van der Waals surface area contributed by atoms with Crippen molar-refractivity contribution in [1.29, 1.82) is 0 Å². The summed E-state index contributed by atoms with van der Waals surface area (Å²) in [5.74, 6) is -1.28. The van der Waals surface area contributed by atoms with Crippen molar-refractivity contribution in [2.75, 3.05) is 13.1 Å². The average Bonchev–Trinajstić information content (AvgIpc) is 2.39. The first-order valence-corrected chi connectivity index (χ1v) is 6.48. The van der Waals surface area contributed by atoms with Gasteiger partial charge in [-0.3, -0.25) is 9.59 Å². The number of rotatable bonds is 7. The molecule has 20 heavy (non-hydrogen) atoms. The van der Waals surface area contributed by atoms with Crippen molar-refractivity contribution >= 4 is 11.9 Å². The number of carboxylic acid groups (broad SMARTS) is 1. The summed E-state index contributed by atoms with van der Waals surface area (Å²) in [6, 6.07) is 5.62. The maximum Gasteiger partial charge on any atom is 0.323 e. The van der Waals surface area contributed by atoms with Gasteiger partial charge in [-0.1, -0.05) is 19.1 Å². The number of carbonyl (C=O) groups excluding carboxylic acids is 1. The highest BCUT2D eigenvalue weighted by Crippen LogP contribution is 2.11. The highest BCUT2D eigenvalue weighted by molar-refractivity contribution is 5.85. The second-order valence-electron chi connectivity index (χ2n) is 4.63. The number of hydrogen-bond acceptors (Lipinski definition) is 4. The van der Waals surface area contributed by atoms with E-state index in [0.717, 1.165) is 5.56 Å². The fourth-order valence-corrected chi connectivity index (χ4v) is 1.91. The molecule has 6 heteroatoms. The summed E-state index contributed by atoms with van der Waals surface area (Å²) in [6.07, 6.45) is 0.976. The Hall–Kier alpha value is -2.08. The Morgan fingerprint density at radius 2 is 1.90 bits per heavy atom. The minimum Gasteiger partial charge on any atom is -0.508 e. The number of aliphatic carboxylic acids is 1. The van der Waals surface area contributed by atoms with Crippen molar-refractivity contribution in [2.24, 2.45) is 5.73 Å².